The van der Waals surface area contributed by atoms with Crippen LogP contribution in [-0.4, -0.2) is 51.6 Å². The normalized spacial score (nSPS) is 17.3. The SMILES string of the molecule is CC(C)c1ccccc1OCCNC(=O)C1(S(C)(=O)=O)CCNCC1. The Morgan fingerprint density at radius 2 is 1.92 bits per heavy atom. The van der Waals surface area contributed by atoms with Gasteiger partial charge in [0.25, 0.3) is 0 Å². The van der Waals surface area contributed by atoms with E-state index in [2.05, 4.69) is 24.5 Å². The third-order valence-corrected chi connectivity index (χ3v) is 6.73. The highest BCUT2D eigenvalue weighted by molar-refractivity contribution is 7.92. The standard InChI is InChI=1S/C18H28N2O4S/c1-14(2)15-6-4-5-7-16(15)24-13-12-20-17(21)18(25(3,22)23)8-10-19-11-9-18/h4-7,14,19H,8-13H2,1-3H3,(H,20,21). The Hall–Kier alpha value is -1.60. The highest BCUT2D eigenvalue weighted by atomic mass is 32.2. The fraction of sp³-hybridized carbons (Fsp3) is 0.611. The molecule has 0 spiro atoms. The number of carbonyl (C=O) groups excluding carboxylic acids is 1. The molecule has 7 heteroatoms. The highest BCUT2D eigenvalue weighted by Crippen LogP contribution is 2.28. The van der Waals surface area contributed by atoms with Crippen LogP contribution in [0.2, 0.25) is 0 Å². The van der Waals surface area contributed by atoms with Gasteiger partial charge in [0.2, 0.25) is 5.91 Å². The zero-order chi connectivity index (χ0) is 18.5. The molecule has 0 radical (unpaired) electrons. The van der Waals surface area contributed by atoms with Crippen LogP contribution in [0.25, 0.3) is 0 Å². The Morgan fingerprint density at radius 1 is 1.28 bits per heavy atom. The summed E-state index contributed by atoms with van der Waals surface area (Å²) in [7, 11) is -3.49. The predicted octanol–water partition coefficient (Wildman–Crippen LogP) is 1.47. The second kappa shape index (κ2) is 8.19. The van der Waals surface area contributed by atoms with Gasteiger partial charge in [0.15, 0.2) is 14.6 Å². The Morgan fingerprint density at radius 3 is 2.52 bits per heavy atom. The van der Waals surface area contributed by atoms with Crippen molar-refractivity contribution in [3.8, 4) is 5.75 Å². The quantitative estimate of drug-likeness (QED) is 0.712. The van der Waals surface area contributed by atoms with Crippen molar-refractivity contribution in [3.63, 3.8) is 0 Å². The first-order valence-electron chi connectivity index (χ1n) is 8.68. The largest absolute Gasteiger partial charge is 0.491 e. The molecule has 1 fully saturated rings. The molecule has 140 valence electrons. The number of piperidine rings is 1. The van der Waals surface area contributed by atoms with Crippen molar-refractivity contribution in [1.29, 1.82) is 0 Å². The Balaban J connectivity index is 1.94. The maximum Gasteiger partial charge on any atom is 0.241 e. The molecular weight excluding hydrogens is 340 g/mol. The molecule has 1 aromatic carbocycles. The third kappa shape index (κ3) is 4.52. The summed E-state index contributed by atoms with van der Waals surface area (Å²) in [5, 5.41) is 5.85. The van der Waals surface area contributed by atoms with Crippen LogP contribution in [0, 0.1) is 0 Å². The predicted molar refractivity (Wildman–Crippen MR) is 98.7 cm³/mol. The van der Waals surface area contributed by atoms with Gasteiger partial charge in [0, 0.05) is 6.26 Å². The van der Waals surface area contributed by atoms with E-state index in [0.29, 0.717) is 38.5 Å². The van der Waals surface area contributed by atoms with E-state index in [4.69, 9.17) is 4.74 Å². The number of para-hydroxylation sites is 1. The van der Waals surface area contributed by atoms with E-state index in [9.17, 15) is 13.2 Å². The maximum absolute atomic E-state index is 12.6. The first-order valence-corrected chi connectivity index (χ1v) is 10.6. The summed E-state index contributed by atoms with van der Waals surface area (Å²) in [6.07, 6.45) is 1.75. The van der Waals surface area contributed by atoms with Crippen LogP contribution in [0.5, 0.6) is 5.75 Å². The molecular formula is C18H28N2O4S. The number of ether oxygens (including phenoxy) is 1. The molecule has 1 amide bonds. The molecule has 6 nitrogen and oxygen atoms in total. The lowest BCUT2D eigenvalue weighted by atomic mass is 9.96. The summed E-state index contributed by atoms with van der Waals surface area (Å²) >= 11 is 0. The van der Waals surface area contributed by atoms with Crippen LogP contribution in [0.4, 0.5) is 0 Å². The molecule has 0 unspecified atom stereocenters. The number of sulfone groups is 1. The lowest BCUT2D eigenvalue weighted by Crippen LogP contribution is -2.57. The van der Waals surface area contributed by atoms with Crippen LogP contribution < -0.4 is 15.4 Å². The van der Waals surface area contributed by atoms with Gasteiger partial charge in [-0.3, -0.25) is 4.79 Å². The second-order valence-electron chi connectivity index (χ2n) is 6.81. The van der Waals surface area contributed by atoms with Crippen molar-refractivity contribution >= 4 is 15.7 Å². The van der Waals surface area contributed by atoms with Crippen LogP contribution in [0.1, 0.15) is 38.2 Å². The fourth-order valence-electron chi connectivity index (χ4n) is 3.17. The first-order chi connectivity index (χ1) is 11.8. The minimum atomic E-state index is -3.49. The topological polar surface area (TPSA) is 84.5 Å². The van der Waals surface area contributed by atoms with Crippen molar-refractivity contribution in [1.82, 2.24) is 10.6 Å². The van der Waals surface area contributed by atoms with E-state index < -0.39 is 20.5 Å². The molecule has 2 rings (SSSR count). The van der Waals surface area contributed by atoms with Gasteiger partial charge in [-0.15, -0.1) is 0 Å². The van der Waals surface area contributed by atoms with Crippen molar-refractivity contribution in [2.45, 2.75) is 37.4 Å². The first kappa shape index (κ1) is 19.7. The molecule has 25 heavy (non-hydrogen) atoms. The number of hydrogen-bond acceptors (Lipinski definition) is 5. The molecule has 1 aliphatic heterocycles. The average Bonchev–Trinajstić information content (AvgIpc) is 2.58. The molecule has 0 atom stereocenters. The number of nitrogens with one attached hydrogen (secondary N) is 2. The van der Waals surface area contributed by atoms with E-state index in [1.54, 1.807) is 0 Å². The van der Waals surface area contributed by atoms with Crippen LogP contribution in [-0.2, 0) is 14.6 Å². The van der Waals surface area contributed by atoms with Crippen molar-refractivity contribution in [2.75, 3.05) is 32.5 Å². The van der Waals surface area contributed by atoms with Gasteiger partial charge in [0.1, 0.15) is 12.4 Å². The van der Waals surface area contributed by atoms with E-state index >= 15 is 0 Å². The Labute approximate surface area is 150 Å². The number of rotatable bonds is 7. The molecule has 1 heterocycles. The van der Waals surface area contributed by atoms with E-state index in [0.717, 1.165) is 17.6 Å². The summed E-state index contributed by atoms with van der Waals surface area (Å²) in [5.41, 5.74) is 1.11. The second-order valence-corrected chi connectivity index (χ2v) is 9.14. The minimum Gasteiger partial charge on any atom is -0.491 e. The van der Waals surface area contributed by atoms with E-state index in [1.165, 1.54) is 0 Å². The van der Waals surface area contributed by atoms with Gasteiger partial charge >= 0.3 is 0 Å². The van der Waals surface area contributed by atoms with Gasteiger partial charge < -0.3 is 15.4 Å². The van der Waals surface area contributed by atoms with Crippen LogP contribution >= 0.6 is 0 Å². The van der Waals surface area contributed by atoms with Crippen LogP contribution in [0.15, 0.2) is 24.3 Å². The molecule has 1 aliphatic rings. The number of hydrogen-bond donors (Lipinski definition) is 2. The minimum absolute atomic E-state index is 0.274. The van der Waals surface area contributed by atoms with Gasteiger partial charge in [-0.2, -0.15) is 0 Å². The number of amides is 1. The summed E-state index contributed by atoms with van der Waals surface area (Å²) in [6.45, 7) is 5.81. The van der Waals surface area contributed by atoms with Gasteiger partial charge in [-0.1, -0.05) is 32.0 Å². The van der Waals surface area contributed by atoms with Crippen molar-refractivity contribution < 1.29 is 17.9 Å². The lowest BCUT2D eigenvalue weighted by Gasteiger charge is -2.34. The maximum atomic E-state index is 12.6. The molecule has 2 N–H and O–H groups in total. The van der Waals surface area contributed by atoms with Crippen molar-refractivity contribution in [2.24, 2.45) is 0 Å². The summed E-state index contributed by atoms with van der Waals surface area (Å²) in [5.74, 6) is 0.720. The summed E-state index contributed by atoms with van der Waals surface area (Å²) in [4.78, 5) is 12.6. The van der Waals surface area contributed by atoms with E-state index in [1.807, 2.05) is 24.3 Å². The zero-order valence-corrected chi connectivity index (χ0v) is 16.0. The van der Waals surface area contributed by atoms with Gasteiger partial charge in [-0.25, -0.2) is 8.42 Å². The molecule has 0 bridgehead atoms. The number of carbonyl (C=O) groups is 1. The monoisotopic (exact) mass is 368 g/mol. The summed E-state index contributed by atoms with van der Waals surface area (Å²) < 4.78 is 28.9. The Bertz CT molecular complexity index is 695. The van der Waals surface area contributed by atoms with Crippen LogP contribution in [0.3, 0.4) is 0 Å². The highest BCUT2D eigenvalue weighted by Gasteiger charge is 2.48. The lowest BCUT2D eigenvalue weighted by molar-refractivity contribution is -0.124. The molecule has 1 saturated heterocycles. The third-order valence-electron chi connectivity index (χ3n) is 4.72. The molecule has 0 aromatic heterocycles. The van der Waals surface area contributed by atoms with E-state index in [-0.39, 0.29) is 6.54 Å². The molecule has 0 saturated carbocycles. The fourth-order valence-corrected chi connectivity index (χ4v) is 4.53. The Kier molecular flexibility index (Phi) is 6.46. The molecule has 1 aromatic rings. The molecule has 0 aliphatic carbocycles. The van der Waals surface area contributed by atoms with Gasteiger partial charge in [0.05, 0.1) is 6.54 Å². The number of benzene rings is 1. The smallest absolute Gasteiger partial charge is 0.241 e. The van der Waals surface area contributed by atoms with Gasteiger partial charge in [-0.05, 0) is 43.5 Å². The zero-order valence-electron chi connectivity index (χ0n) is 15.2. The average molecular weight is 368 g/mol. The van der Waals surface area contributed by atoms with Crippen molar-refractivity contribution in [3.05, 3.63) is 29.8 Å². The summed E-state index contributed by atoms with van der Waals surface area (Å²) in [6, 6.07) is 7.80.